The number of carboxylic acid groups (broad SMARTS) is 1. The number of aromatic nitrogens is 2. The number of H-pyrrole nitrogens is 1. The number of phenolic OH excluding ortho intramolecular Hbond substituents is 1. The maximum absolute atomic E-state index is 14.3. The molecule has 1 fully saturated rings. The number of aromatic amines is 1. The molecule has 16 nitrogen and oxygen atoms in total. The molecular formula is C42H58N8O8. The molecule has 1 aromatic heterocycles. The zero-order valence-corrected chi connectivity index (χ0v) is 33.6. The second kappa shape index (κ2) is 21.7. The average Bonchev–Trinajstić information content (AvgIpc) is 3.72. The fourth-order valence-electron chi connectivity index (χ4n) is 6.89. The molecule has 314 valence electrons. The highest BCUT2D eigenvalue weighted by Crippen LogP contribution is 2.20. The minimum absolute atomic E-state index is 0.0208. The van der Waals surface area contributed by atoms with E-state index in [9.17, 15) is 39.0 Å². The number of likely N-dealkylation sites (tertiary alicyclic amines) is 1. The Bertz CT molecular complexity index is 1820. The number of piperidine rings is 1. The molecule has 1 aliphatic rings. The van der Waals surface area contributed by atoms with Gasteiger partial charge >= 0.3 is 5.97 Å². The van der Waals surface area contributed by atoms with Crippen LogP contribution in [0.1, 0.15) is 70.2 Å². The first-order valence-electron chi connectivity index (χ1n) is 19.9. The number of nitrogens with zero attached hydrogens (tertiary/aromatic N) is 2. The quantitative estimate of drug-likeness (QED) is 0.0823. The van der Waals surface area contributed by atoms with Crippen molar-refractivity contribution in [2.75, 3.05) is 13.1 Å². The lowest BCUT2D eigenvalue weighted by atomic mass is 9.94. The number of aliphatic carboxylic acids is 1. The fraction of sp³-hybridized carbons (Fsp3) is 0.500. The van der Waals surface area contributed by atoms with E-state index in [2.05, 4.69) is 31.2 Å². The summed E-state index contributed by atoms with van der Waals surface area (Å²) in [4.78, 5) is 89.5. The summed E-state index contributed by atoms with van der Waals surface area (Å²) in [6.07, 6.45) is 4.68. The van der Waals surface area contributed by atoms with Gasteiger partial charge in [-0.3, -0.25) is 28.8 Å². The van der Waals surface area contributed by atoms with Gasteiger partial charge in [0.2, 0.25) is 29.5 Å². The van der Waals surface area contributed by atoms with E-state index in [0.717, 1.165) is 5.56 Å². The number of nitrogens with two attached hydrogens (primary N) is 1. The van der Waals surface area contributed by atoms with Crippen molar-refractivity contribution in [3.63, 3.8) is 0 Å². The van der Waals surface area contributed by atoms with Crippen molar-refractivity contribution in [1.82, 2.24) is 36.1 Å². The van der Waals surface area contributed by atoms with Crippen LogP contribution in [0.25, 0.3) is 0 Å². The van der Waals surface area contributed by atoms with E-state index in [-0.39, 0.29) is 43.4 Å². The summed E-state index contributed by atoms with van der Waals surface area (Å²) in [5, 5.41) is 30.7. The molecule has 0 aliphatic carbocycles. The van der Waals surface area contributed by atoms with Crippen LogP contribution in [0.5, 0.6) is 5.75 Å². The standard InChI is InChI=1S/C42H58N8O8/c1-5-26(4)37(49-39(55)33(47-40(56)36(43)25(2)3)19-28-13-15-32(51)16-14-28)41(57)48-34(20-31-22-44-24-45-31)42(58)50-17-9-12-29(23-50)38(54)46-30(21-35(52)53)18-27-10-7-6-8-11-27/h6-8,10-11,13-16,22,24-26,29-30,33-34,36-37,51H,5,9,12,17-21,23,43H2,1-4H3,(H,44,45)(H,46,54)(H,47,56)(H,48,57)(H,49,55)(H,52,53)/t26?,29-,30+,33+,34+,36+,37+/m1/s1. The van der Waals surface area contributed by atoms with E-state index in [1.807, 2.05) is 37.3 Å². The number of carboxylic acids is 1. The third-order valence-electron chi connectivity index (χ3n) is 10.6. The van der Waals surface area contributed by atoms with Crippen molar-refractivity contribution in [3.8, 4) is 5.75 Å². The van der Waals surface area contributed by atoms with E-state index >= 15 is 0 Å². The lowest BCUT2D eigenvalue weighted by molar-refractivity contribution is -0.141. The van der Waals surface area contributed by atoms with Gasteiger partial charge < -0.3 is 47.1 Å². The van der Waals surface area contributed by atoms with Crippen LogP contribution in [-0.2, 0) is 48.0 Å². The molecule has 0 spiro atoms. The van der Waals surface area contributed by atoms with Crippen molar-refractivity contribution < 1.29 is 39.0 Å². The number of hydrogen-bond donors (Lipinski definition) is 8. The van der Waals surface area contributed by atoms with Crippen LogP contribution in [-0.4, -0.2) is 104 Å². The van der Waals surface area contributed by atoms with Gasteiger partial charge in [0, 0.05) is 38.2 Å². The summed E-state index contributed by atoms with van der Waals surface area (Å²) in [6.45, 7) is 7.62. The van der Waals surface area contributed by atoms with Crippen LogP contribution < -0.4 is 27.0 Å². The summed E-state index contributed by atoms with van der Waals surface area (Å²) in [5.74, 6) is -4.80. The Balaban J connectivity index is 1.51. The van der Waals surface area contributed by atoms with Gasteiger partial charge in [-0.15, -0.1) is 0 Å². The Labute approximate surface area is 339 Å². The molecule has 7 atom stereocenters. The Morgan fingerprint density at radius 3 is 2.16 bits per heavy atom. The number of amides is 5. The van der Waals surface area contributed by atoms with E-state index in [1.165, 1.54) is 23.4 Å². The number of aromatic hydroxyl groups is 1. The number of carbonyl (C=O) groups is 6. The molecule has 2 heterocycles. The molecule has 3 aromatic rings. The molecule has 1 unspecified atom stereocenters. The first-order chi connectivity index (χ1) is 27.6. The lowest BCUT2D eigenvalue weighted by Crippen LogP contribution is -2.60. The van der Waals surface area contributed by atoms with Crippen LogP contribution in [0.2, 0.25) is 0 Å². The SMILES string of the molecule is CCC(C)[C@H](NC(=O)[C@H](Cc1ccc(O)cc1)NC(=O)[C@@H](N)C(C)C)C(=O)N[C@@H](Cc1c[nH]cn1)C(=O)N1CCC[C@@H](C(=O)N[C@H](CC(=O)O)Cc2ccccc2)C1. The van der Waals surface area contributed by atoms with Crippen molar-refractivity contribution in [2.24, 2.45) is 23.5 Å². The average molecular weight is 803 g/mol. The van der Waals surface area contributed by atoms with Gasteiger partial charge in [-0.2, -0.15) is 0 Å². The zero-order valence-electron chi connectivity index (χ0n) is 33.6. The highest BCUT2D eigenvalue weighted by Gasteiger charge is 2.37. The van der Waals surface area contributed by atoms with Crippen LogP contribution in [0.4, 0.5) is 0 Å². The normalized spacial score (nSPS) is 17.2. The minimum Gasteiger partial charge on any atom is -0.508 e. The van der Waals surface area contributed by atoms with Gasteiger partial charge in [0.05, 0.1) is 30.4 Å². The third-order valence-corrected chi connectivity index (χ3v) is 10.6. The van der Waals surface area contributed by atoms with Gasteiger partial charge in [-0.1, -0.05) is 76.6 Å². The van der Waals surface area contributed by atoms with Crippen LogP contribution >= 0.6 is 0 Å². The van der Waals surface area contributed by atoms with E-state index in [1.54, 1.807) is 39.1 Å². The molecule has 1 saturated heterocycles. The maximum atomic E-state index is 14.3. The summed E-state index contributed by atoms with van der Waals surface area (Å²) in [5.41, 5.74) is 8.14. The van der Waals surface area contributed by atoms with Crippen molar-refractivity contribution >= 4 is 35.5 Å². The minimum atomic E-state index is -1.12. The number of nitrogens with one attached hydrogen (secondary N) is 5. The van der Waals surface area contributed by atoms with Crippen LogP contribution in [0.3, 0.4) is 0 Å². The van der Waals surface area contributed by atoms with Crippen molar-refractivity contribution in [2.45, 2.75) is 103 Å². The summed E-state index contributed by atoms with van der Waals surface area (Å²) < 4.78 is 0. The third kappa shape index (κ3) is 13.4. The molecule has 5 amide bonds. The summed E-state index contributed by atoms with van der Waals surface area (Å²) >= 11 is 0. The monoisotopic (exact) mass is 802 g/mol. The molecule has 0 radical (unpaired) electrons. The van der Waals surface area contributed by atoms with Crippen LogP contribution in [0, 0.1) is 17.8 Å². The van der Waals surface area contributed by atoms with Gasteiger partial charge in [-0.25, -0.2) is 4.98 Å². The molecule has 4 rings (SSSR count). The smallest absolute Gasteiger partial charge is 0.305 e. The van der Waals surface area contributed by atoms with Crippen molar-refractivity contribution in [3.05, 3.63) is 83.9 Å². The molecule has 16 heteroatoms. The summed E-state index contributed by atoms with van der Waals surface area (Å²) in [7, 11) is 0. The number of carbonyl (C=O) groups excluding carboxylic acids is 5. The Hall–Kier alpha value is -5.77. The Kier molecular flexibility index (Phi) is 16.8. The topological polar surface area (TPSA) is 249 Å². The molecule has 0 bridgehead atoms. The van der Waals surface area contributed by atoms with E-state index in [4.69, 9.17) is 5.73 Å². The Morgan fingerprint density at radius 2 is 1.53 bits per heavy atom. The van der Waals surface area contributed by atoms with Crippen LogP contribution in [0.15, 0.2) is 67.1 Å². The molecule has 58 heavy (non-hydrogen) atoms. The largest absolute Gasteiger partial charge is 0.508 e. The fourth-order valence-corrected chi connectivity index (χ4v) is 6.89. The number of hydrogen-bond acceptors (Lipinski definition) is 9. The number of benzene rings is 2. The molecular weight excluding hydrogens is 745 g/mol. The predicted octanol–water partition coefficient (Wildman–Crippen LogP) is 1.83. The lowest BCUT2D eigenvalue weighted by Gasteiger charge is -2.35. The highest BCUT2D eigenvalue weighted by molar-refractivity contribution is 5.95. The van der Waals surface area contributed by atoms with Gasteiger partial charge in [0.1, 0.15) is 23.9 Å². The predicted molar refractivity (Wildman–Crippen MR) is 216 cm³/mol. The zero-order chi connectivity index (χ0) is 42.4. The van der Waals surface area contributed by atoms with E-state index in [0.29, 0.717) is 43.5 Å². The Morgan fingerprint density at radius 1 is 0.862 bits per heavy atom. The summed E-state index contributed by atoms with van der Waals surface area (Å²) in [6, 6.07) is 10.6. The van der Waals surface area contributed by atoms with Gasteiger partial charge in [0.15, 0.2) is 0 Å². The highest BCUT2D eigenvalue weighted by atomic mass is 16.4. The van der Waals surface area contributed by atoms with E-state index < -0.39 is 71.6 Å². The first kappa shape index (κ1) is 44.9. The number of rotatable bonds is 20. The molecule has 1 aliphatic heterocycles. The van der Waals surface area contributed by atoms with Gasteiger partial charge in [0.25, 0.3) is 0 Å². The first-order valence-corrected chi connectivity index (χ1v) is 19.9. The number of phenols is 1. The van der Waals surface area contributed by atoms with Gasteiger partial charge in [-0.05, 0) is 54.4 Å². The maximum Gasteiger partial charge on any atom is 0.305 e. The van der Waals surface area contributed by atoms with Crippen molar-refractivity contribution in [1.29, 1.82) is 0 Å². The second-order valence-corrected chi connectivity index (χ2v) is 15.5. The number of imidazole rings is 1. The molecule has 2 aromatic carbocycles. The molecule has 0 saturated carbocycles. The molecule has 9 N–H and O–H groups in total. The second-order valence-electron chi connectivity index (χ2n) is 15.5.